The first-order valence-corrected chi connectivity index (χ1v) is 15.5. The minimum Gasteiger partial charge on any atom is -0.444 e. The van der Waals surface area contributed by atoms with Gasteiger partial charge in [-0.2, -0.15) is 0 Å². The highest BCUT2D eigenvalue weighted by Gasteiger charge is 2.26. The van der Waals surface area contributed by atoms with E-state index >= 15 is 0 Å². The molecule has 1 saturated heterocycles. The Morgan fingerprint density at radius 3 is 2.53 bits per heavy atom. The Bertz CT molecular complexity index is 1640. The van der Waals surface area contributed by atoms with Gasteiger partial charge in [-0.3, -0.25) is 9.78 Å². The van der Waals surface area contributed by atoms with Crippen molar-refractivity contribution in [3.8, 4) is 11.3 Å². The summed E-state index contributed by atoms with van der Waals surface area (Å²) in [6.07, 6.45) is 6.45. The van der Waals surface area contributed by atoms with Crippen LogP contribution < -0.4 is 20.9 Å². The predicted molar refractivity (Wildman–Crippen MR) is 174 cm³/mol. The van der Waals surface area contributed by atoms with Crippen LogP contribution in [0.25, 0.3) is 22.3 Å². The Kier molecular flexibility index (Phi) is 8.83. The van der Waals surface area contributed by atoms with Gasteiger partial charge in [0.15, 0.2) is 0 Å². The van der Waals surface area contributed by atoms with E-state index in [1.807, 2.05) is 51.1 Å². The molecule has 0 unspecified atom stereocenters. The van der Waals surface area contributed by atoms with Crippen molar-refractivity contribution in [3.05, 3.63) is 60.7 Å². The Balaban J connectivity index is 1.07. The molecule has 2 amide bonds. The average Bonchev–Trinajstić information content (AvgIpc) is 3.46. The molecule has 0 spiro atoms. The molecule has 2 fully saturated rings. The summed E-state index contributed by atoms with van der Waals surface area (Å²) in [6, 6.07) is 13.5. The normalized spacial score (nSPS) is 18.8. The molecule has 0 radical (unpaired) electrons. The van der Waals surface area contributed by atoms with Gasteiger partial charge < -0.3 is 35.3 Å². The number of ether oxygens (including phenoxy) is 2. The summed E-state index contributed by atoms with van der Waals surface area (Å²) in [7, 11) is 0. The maximum atomic E-state index is 13.1. The van der Waals surface area contributed by atoms with E-state index in [9.17, 15) is 9.59 Å². The second kappa shape index (κ2) is 13.1. The molecule has 2 atom stereocenters. The lowest BCUT2D eigenvalue weighted by Crippen LogP contribution is -2.43. The van der Waals surface area contributed by atoms with Crippen LogP contribution in [0.4, 0.5) is 22.0 Å². The second-order valence-corrected chi connectivity index (χ2v) is 12.6. The molecule has 4 N–H and O–H groups in total. The summed E-state index contributed by atoms with van der Waals surface area (Å²) in [6.45, 7) is 8.52. The largest absolute Gasteiger partial charge is 0.444 e. The van der Waals surface area contributed by atoms with Crippen LogP contribution in [0.1, 0.15) is 56.9 Å². The number of carbonyl (C=O) groups is 2. The molecule has 12 heteroatoms. The summed E-state index contributed by atoms with van der Waals surface area (Å²) >= 11 is 0. The minimum absolute atomic E-state index is 0.0304. The van der Waals surface area contributed by atoms with Crippen LogP contribution in [0.5, 0.6) is 0 Å². The van der Waals surface area contributed by atoms with Gasteiger partial charge in [-0.15, -0.1) is 0 Å². The second-order valence-electron chi connectivity index (χ2n) is 12.6. The zero-order chi connectivity index (χ0) is 31.4. The summed E-state index contributed by atoms with van der Waals surface area (Å²) < 4.78 is 10.9. The van der Waals surface area contributed by atoms with Crippen LogP contribution in [0, 0.1) is 0 Å². The number of fused-ring (bicyclic) bond motifs is 1. The van der Waals surface area contributed by atoms with Crippen molar-refractivity contribution in [2.75, 3.05) is 41.8 Å². The van der Waals surface area contributed by atoms with Gasteiger partial charge in [-0.1, -0.05) is 12.1 Å². The fourth-order valence-corrected chi connectivity index (χ4v) is 5.84. The first-order chi connectivity index (χ1) is 21.7. The van der Waals surface area contributed by atoms with Gasteiger partial charge in [-0.05, 0) is 82.3 Å². The number of amides is 2. The van der Waals surface area contributed by atoms with E-state index in [4.69, 9.17) is 9.47 Å². The van der Waals surface area contributed by atoms with E-state index in [0.717, 1.165) is 72.6 Å². The Labute approximate surface area is 262 Å². The molecule has 236 valence electrons. The Morgan fingerprint density at radius 2 is 1.76 bits per heavy atom. The number of nitrogens with one attached hydrogen (secondary N) is 4. The smallest absolute Gasteiger partial charge is 0.407 e. The standard InChI is InChI=1S/C33H40N8O4/c1-33(2,3)45-32(43)39-24-6-4-5-23(17-24)37-25-11-12-34-28(18-25)31(42)38-22-9-7-21(8-10-22)27-19-26-29(40-27)35-20-36-30(26)41-13-15-44-16-14-41/h7-12,18-20,23-24H,4-6,13-17H2,1-3H3,(H,34,37)(H,38,42)(H,39,43)(H,35,36,40)/t23-,24+/m0/s1. The summed E-state index contributed by atoms with van der Waals surface area (Å²) in [5.74, 6) is 0.607. The molecule has 1 aromatic carbocycles. The van der Waals surface area contributed by atoms with Crippen molar-refractivity contribution < 1.29 is 19.1 Å². The number of pyridine rings is 1. The third-order valence-electron chi connectivity index (χ3n) is 7.93. The molecular formula is C33H40N8O4. The summed E-state index contributed by atoms with van der Waals surface area (Å²) in [5.41, 5.74) is 3.92. The maximum Gasteiger partial charge on any atom is 0.407 e. The number of carbonyl (C=O) groups excluding carboxylic acids is 2. The molecule has 12 nitrogen and oxygen atoms in total. The van der Waals surface area contributed by atoms with E-state index in [-0.39, 0.29) is 18.0 Å². The fraction of sp³-hybridized carbons (Fsp3) is 0.424. The molecule has 4 heterocycles. The highest BCUT2D eigenvalue weighted by atomic mass is 16.6. The van der Waals surface area contributed by atoms with Crippen LogP contribution in [0.3, 0.4) is 0 Å². The van der Waals surface area contributed by atoms with Gasteiger partial charge in [-0.25, -0.2) is 14.8 Å². The fourth-order valence-electron chi connectivity index (χ4n) is 5.84. The van der Waals surface area contributed by atoms with Crippen molar-refractivity contribution >= 4 is 40.2 Å². The third-order valence-corrected chi connectivity index (χ3v) is 7.93. The lowest BCUT2D eigenvalue weighted by Gasteiger charge is -2.31. The number of morpholine rings is 1. The molecule has 2 aliphatic rings. The number of rotatable bonds is 7. The molecule has 3 aromatic heterocycles. The number of nitrogens with zero attached hydrogens (tertiary/aromatic N) is 4. The van der Waals surface area contributed by atoms with Crippen molar-refractivity contribution in [2.24, 2.45) is 0 Å². The molecule has 0 bridgehead atoms. The molecule has 1 aliphatic carbocycles. The Morgan fingerprint density at radius 1 is 0.978 bits per heavy atom. The van der Waals surface area contributed by atoms with Gasteiger partial charge >= 0.3 is 6.09 Å². The number of benzene rings is 1. The van der Waals surface area contributed by atoms with Gasteiger partial charge in [0, 0.05) is 48.4 Å². The predicted octanol–water partition coefficient (Wildman–Crippen LogP) is 5.36. The monoisotopic (exact) mass is 612 g/mol. The number of alkyl carbamates (subject to hydrolysis) is 1. The Hall–Kier alpha value is -4.71. The van der Waals surface area contributed by atoms with Gasteiger partial charge in [0.25, 0.3) is 5.91 Å². The van der Waals surface area contributed by atoms with Crippen molar-refractivity contribution in [1.82, 2.24) is 25.3 Å². The van der Waals surface area contributed by atoms with E-state index in [0.29, 0.717) is 24.6 Å². The zero-order valence-electron chi connectivity index (χ0n) is 25.9. The first-order valence-electron chi connectivity index (χ1n) is 15.5. The molecule has 6 rings (SSSR count). The van der Waals surface area contributed by atoms with E-state index in [1.165, 1.54) is 0 Å². The van der Waals surface area contributed by atoms with E-state index in [1.54, 1.807) is 18.6 Å². The SMILES string of the molecule is CC(C)(C)OC(=O)N[C@@H]1CCC[C@H](Nc2ccnc(C(=O)Nc3ccc(-c4cc5c(N6CCOCC6)ncnc5[nH]4)cc3)c2)C1. The average molecular weight is 613 g/mol. The topological polar surface area (TPSA) is 146 Å². The maximum absolute atomic E-state index is 13.1. The molecule has 4 aromatic rings. The molecule has 45 heavy (non-hydrogen) atoms. The van der Waals surface area contributed by atoms with Gasteiger partial charge in [0.1, 0.15) is 29.1 Å². The van der Waals surface area contributed by atoms with Crippen molar-refractivity contribution in [3.63, 3.8) is 0 Å². The van der Waals surface area contributed by atoms with Gasteiger partial charge in [0.05, 0.1) is 18.6 Å². The third kappa shape index (κ3) is 7.69. The molecule has 1 saturated carbocycles. The lowest BCUT2D eigenvalue weighted by atomic mass is 9.91. The zero-order valence-corrected chi connectivity index (χ0v) is 25.9. The van der Waals surface area contributed by atoms with Crippen LogP contribution in [0.15, 0.2) is 55.0 Å². The summed E-state index contributed by atoms with van der Waals surface area (Å²) in [5, 5.41) is 10.4. The number of anilines is 3. The highest BCUT2D eigenvalue weighted by Crippen LogP contribution is 2.30. The van der Waals surface area contributed by atoms with E-state index in [2.05, 4.69) is 46.9 Å². The molecular weight excluding hydrogens is 572 g/mol. The quantitative estimate of drug-likeness (QED) is 0.217. The van der Waals surface area contributed by atoms with Crippen LogP contribution >= 0.6 is 0 Å². The minimum atomic E-state index is -0.535. The van der Waals surface area contributed by atoms with Crippen LogP contribution in [0.2, 0.25) is 0 Å². The van der Waals surface area contributed by atoms with Crippen LogP contribution in [-0.2, 0) is 9.47 Å². The van der Waals surface area contributed by atoms with Crippen molar-refractivity contribution in [2.45, 2.75) is 64.1 Å². The lowest BCUT2D eigenvalue weighted by molar-refractivity contribution is 0.0491. The van der Waals surface area contributed by atoms with E-state index < -0.39 is 11.7 Å². The summed E-state index contributed by atoms with van der Waals surface area (Å²) in [4.78, 5) is 44.2. The number of aromatic amines is 1. The number of hydrogen-bond donors (Lipinski definition) is 4. The van der Waals surface area contributed by atoms with Crippen molar-refractivity contribution in [1.29, 1.82) is 0 Å². The first kappa shape index (κ1) is 30.3. The van der Waals surface area contributed by atoms with Crippen LogP contribution in [-0.4, -0.2) is 75.9 Å². The highest BCUT2D eigenvalue weighted by molar-refractivity contribution is 6.03. The number of H-pyrrole nitrogens is 1. The van der Waals surface area contributed by atoms with Gasteiger partial charge in [0.2, 0.25) is 0 Å². The number of hydrogen-bond acceptors (Lipinski definition) is 9. The number of aromatic nitrogens is 4. The molecule has 1 aliphatic heterocycles.